The Morgan fingerprint density at radius 3 is 2.66 bits per heavy atom. The Labute approximate surface area is 179 Å². The molecule has 0 amide bonds. The molecule has 1 heterocycles. The number of nitrogens with zero attached hydrogens (tertiary/aromatic N) is 2. The molecule has 2 rings (SSSR count). The first-order chi connectivity index (χ1) is 13.8. The summed E-state index contributed by atoms with van der Waals surface area (Å²) < 4.78 is 5.38. The molecule has 0 fully saturated rings. The first-order valence-corrected chi connectivity index (χ1v) is 10.6. The summed E-state index contributed by atoms with van der Waals surface area (Å²) >= 11 is 5.63. The van der Waals surface area contributed by atoms with Crippen LogP contribution in [-0.2, 0) is 11.3 Å². The molecule has 7 heteroatoms. The number of benzene rings is 1. The van der Waals surface area contributed by atoms with E-state index in [1.165, 1.54) is 5.56 Å². The van der Waals surface area contributed by atoms with Gasteiger partial charge in [-0.25, -0.2) is 0 Å². The molecule has 0 aliphatic rings. The number of aryl methyl sites for hydroxylation is 2. The Morgan fingerprint density at radius 2 is 1.97 bits per heavy atom. The van der Waals surface area contributed by atoms with Gasteiger partial charge in [0.2, 0.25) is 0 Å². The number of aromatic nitrogens is 1. The molecule has 0 aliphatic heterocycles. The number of fused-ring (bicyclic) bond motifs is 1. The van der Waals surface area contributed by atoms with Crippen molar-refractivity contribution in [3.63, 3.8) is 0 Å². The minimum atomic E-state index is -0.0570. The molecule has 0 radical (unpaired) electrons. The number of ether oxygens (including phenoxy) is 1. The topological polar surface area (TPSA) is 60.6 Å². The SMILES string of the molecule is CCOCCCNC(=S)N(CCN(C)C)Cc1cc2cc(C)cc(C)c2[nH]c1=O. The van der Waals surface area contributed by atoms with E-state index in [4.69, 9.17) is 17.0 Å². The maximum Gasteiger partial charge on any atom is 0.253 e. The second-order valence-corrected chi connectivity index (χ2v) is 8.06. The molecule has 0 atom stereocenters. The number of nitrogens with one attached hydrogen (secondary N) is 2. The first-order valence-electron chi connectivity index (χ1n) is 10.2. The average molecular weight is 419 g/mol. The highest BCUT2D eigenvalue weighted by Gasteiger charge is 2.14. The fraction of sp³-hybridized carbons (Fsp3) is 0.545. The van der Waals surface area contributed by atoms with Crippen molar-refractivity contribution in [2.24, 2.45) is 0 Å². The summed E-state index contributed by atoms with van der Waals surface area (Å²) in [4.78, 5) is 20.0. The summed E-state index contributed by atoms with van der Waals surface area (Å²) in [7, 11) is 4.07. The maximum atomic E-state index is 12.7. The van der Waals surface area contributed by atoms with E-state index in [2.05, 4.69) is 39.2 Å². The van der Waals surface area contributed by atoms with Crippen LogP contribution in [0.3, 0.4) is 0 Å². The molecule has 0 aliphatic carbocycles. The number of hydrogen-bond acceptors (Lipinski definition) is 4. The molecule has 0 bridgehead atoms. The zero-order chi connectivity index (χ0) is 21.4. The van der Waals surface area contributed by atoms with Crippen molar-refractivity contribution in [2.45, 2.75) is 33.7 Å². The first kappa shape index (κ1) is 23.3. The fourth-order valence-electron chi connectivity index (χ4n) is 3.25. The van der Waals surface area contributed by atoms with E-state index in [0.29, 0.717) is 18.3 Å². The number of H-pyrrole nitrogens is 1. The summed E-state index contributed by atoms with van der Waals surface area (Å²) in [5, 5.41) is 5.03. The van der Waals surface area contributed by atoms with Crippen LogP contribution in [-0.4, -0.2) is 66.8 Å². The highest BCUT2D eigenvalue weighted by Crippen LogP contribution is 2.18. The van der Waals surface area contributed by atoms with Gasteiger partial charge in [-0.05, 0) is 76.6 Å². The standard InChI is InChI=1S/C22H34N4O2S/c1-6-28-11-7-8-23-22(29)26(10-9-25(4)5)15-19-14-18-13-16(2)12-17(3)20(18)24-21(19)27/h12-14H,6-11,15H2,1-5H3,(H,23,29)(H,24,27). The quantitative estimate of drug-likeness (QED) is 0.457. The van der Waals surface area contributed by atoms with Crippen LogP contribution in [0.25, 0.3) is 10.9 Å². The predicted octanol–water partition coefficient (Wildman–Crippen LogP) is 2.81. The van der Waals surface area contributed by atoms with Crippen LogP contribution < -0.4 is 10.9 Å². The van der Waals surface area contributed by atoms with Crippen LogP contribution in [0.4, 0.5) is 0 Å². The highest BCUT2D eigenvalue weighted by molar-refractivity contribution is 7.80. The van der Waals surface area contributed by atoms with Crippen LogP contribution >= 0.6 is 12.2 Å². The number of aromatic amines is 1. The van der Waals surface area contributed by atoms with Crippen LogP contribution in [0.1, 0.15) is 30.0 Å². The van der Waals surface area contributed by atoms with Gasteiger partial charge in [-0.1, -0.05) is 11.6 Å². The second-order valence-electron chi connectivity index (χ2n) is 7.68. The summed E-state index contributed by atoms with van der Waals surface area (Å²) in [6.07, 6.45) is 0.893. The van der Waals surface area contributed by atoms with Crippen LogP contribution in [0.2, 0.25) is 0 Å². The molecule has 0 spiro atoms. The Hall–Kier alpha value is -1.96. The third kappa shape index (κ3) is 7.10. The molecule has 29 heavy (non-hydrogen) atoms. The fourth-order valence-corrected chi connectivity index (χ4v) is 3.51. The largest absolute Gasteiger partial charge is 0.382 e. The summed E-state index contributed by atoms with van der Waals surface area (Å²) in [6, 6.07) is 6.19. The van der Waals surface area contributed by atoms with Crippen LogP contribution in [0.5, 0.6) is 0 Å². The lowest BCUT2D eigenvalue weighted by atomic mass is 10.1. The molecular formula is C22H34N4O2S. The number of rotatable bonds is 10. The van der Waals surface area contributed by atoms with E-state index in [9.17, 15) is 4.79 Å². The van der Waals surface area contributed by atoms with Gasteiger partial charge in [-0.3, -0.25) is 4.79 Å². The summed E-state index contributed by atoms with van der Waals surface area (Å²) in [6.45, 7) is 10.4. The normalized spacial score (nSPS) is 11.2. The van der Waals surface area contributed by atoms with E-state index in [-0.39, 0.29) is 5.56 Å². The summed E-state index contributed by atoms with van der Waals surface area (Å²) in [5.41, 5.74) is 3.84. The third-order valence-electron chi connectivity index (χ3n) is 4.78. The smallest absolute Gasteiger partial charge is 0.253 e. The molecular weight excluding hydrogens is 384 g/mol. The lowest BCUT2D eigenvalue weighted by Gasteiger charge is -2.27. The van der Waals surface area contributed by atoms with Gasteiger partial charge >= 0.3 is 0 Å². The van der Waals surface area contributed by atoms with Crippen LogP contribution in [0.15, 0.2) is 23.0 Å². The highest BCUT2D eigenvalue weighted by atomic mass is 32.1. The number of likely N-dealkylation sites (N-methyl/N-ethyl adjacent to an activating group) is 1. The van der Waals surface area contributed by atoms with E-state index < -0.39 is 0 Å². The van der Waals surface area contributed by atoms with Crippen molar-refractivity contribution < 1.29 is 4.74 Å². The Bertz CT molecular complexity index is 879. The number of thiocarbonyl (C=S) groups is 1. The zero-order valence-corrected chi connectivity index (χ0v) is 19.1. The third-order valence-corrected chi connectivity index (χ3v) is 5.18. The second kappa shape index (κ2) is 11.3. The van der Waals surface area contributed by atoms with Crippen molar-refractivity contribution in [1.29, 1.82) is 0 Å². The lowest BCUT2D eigenvalue weighted by Crippen LogP contribution is -2.43. The van der Waals surface area contributed by atoms with Gasteiger partial charge in [0.15, 0.2) is 5.11 Å². The van der Waals surface area contributed by atoms with Crippen molar-refractivity contribution in [3.8, 4) is 0 Å². The maximum absolute atomic E-state index is 12.7. The average Bonchev–Trinajstić information content (AvgIpc) is 2.65. The van der Waals surface area contributed by atoms with Gasteiger partial charge in [-0.2, -0.15) is 0 Å². The van der Waals surface area contributed by atoms with Crippen LogP contribution in [0, 0.1) is 13.8 Å². The van der Waals surface area contributed by atoms with Gasteiger partial charge in [-0.15, -0.1) is 0 Å². The number of pyridine rings is 1. The minimum absolute atomic E-state index is 0.0570. The number of hydrogen-bond donors (Lipinski definition) is 2. The molecule has 0 saturated heterocycles. The van der Waals surface area contributed by atoms with Gasteiger partial charge in [0, 0.05) is 38.4 Å². The molecule has 1 aromatic carbocycles. The van der Waals surface area contributed by atoms with Crippen molar-refractivity contribution in [3.05, 3.63) is 45.2 Å². The Kier molecular flexibility index (Phi) is 9.07. The monoisotopic (exact) mass is 418 g/mol. The molecule has 2 N–H and O–H groups in total. The van der Waals surface area contributed by atoms with Gasteiger partial charge in [0.05, 0.1) is 12.1 Å². The molecule has 0 unspecified atom stereocenters. The van der Waals surface area contributed by atoms with E-state index in [1.54, 1.807) is 0 Å². The molecule has 160 valence electrons. The zero-order valence-electron chi connectivity index (χ0n) is 18.3. The van der Waals surface area contributed by atoms with Crippen molar-refractivity contribution in [1.82, 2.24) is 20.1 Å². The molecule has 6 nitrogen and oxygen atoms in total. The van der Waals surface area contributed by atoms with Gasteiger partial charge in [0.25, 0.3) is 5.56 Å². The molecule has 1 aromatic heterocycles. The van der Waals surface area contributed by atoms with Gasteiger partial charge < -0.3 is 24.8 Å². The minimum Gasteiger partial charge on any atom is -0.382 e. The Morgan fingerprint density at radius 1 is 1.21 bits per heavy atom. The van der Waals surface area contributed by atoms with Crippen molar-refractivity contribution in [2.75, 3.05) is 46.9 Å². The summed E-state index contributed by atoms with van der Waals surface area (Å²) in [5.74, 6) is 0. The molecule has 0 saturated carbocycles. The van der Waals surface area contributed by atoms with Gasteiger partial charge in [0.1, 0.15) is 0 Å². The Balaban J connectivity index is 2.17. The van der Waals surface area contributed by atoms with E-state index in [0.717, 1.165) is 54.7 Å². The van der Waals surface area contributed by atoms with E-state index >= 15 is 0 Å². The van der Waals surface area contributed by atoms with Crippen molar-refractivity contribution >= 4 is 28.2 Å². The van der Waals surface area contributed by atoms with E-state index in [1.807, 2.05) is 34.0 Å². The predicted molar refractivity (Wildman–Crippen MR) is 125 cm³/mol. The molecule has 2 aromatic rings. The lowest BCUT2D eigenvalue weighted by molar-refractivity contribution is 0.145.